The minimum absolute atomic E-state index is 0.157. The molecule has 100 valence electrons. The molecule has 1 fully saturated rings. The Labute approximate surface area is 101 Å². The van der Waals surface area contributed by atoms with Crippen molar-refractivity contribution >= 4 is 5.91 Å². The number of amides is 1. The fraction of sp³-hybridized carbons (Fsp3) is 0.917. The van der Waals surface area contributed by atoms with Crippen molar-refractivity contribution in [3.8, 4) is 0 Å². The standard InChI is InChI=1S/C12H22F2N2O/c1-8(9-4-3-5-10(15)6-9)12(17)16(2)7-11(13)14/h8-11H,3-7,15H2,1-2H3. The average molecular weight is 248 g/mol. The lowest BCUT2D eigenvalue weighted by Gasteiger charge is -2.32. The third-order valence-electron chi connectivity index (χ3n) is 3.64. The number of rotatable bonds is 4. The largest absolute Gasteiger partial charge is 0.340 e. The summed E-state index contributed by atoms with van der Waals surface area (Å²) in [6.45, 7) is 1.34. The Hall–Kier alpha value is -0.710. The van der Waals surface area contributed by atoms with Gasteiger partial charge in [-0.3, -0.25) is 4.79 Å². The molecule has 0 aliphatic heterocycles. The quantitative estimate of drug-likeness (QED) is 0.825. The Morgan fingerprint density at radius 2 is 2.12 bits per heavy atom. The third kappa shape index (κ3) is 4.22. The first-order chi connectivity index (χ1) is 7.91. The smallest absolute Gasteiger partial charge is 0.255 e. The molecule has 0 bridgehead atoms. The van der Waals surface area contributed by atoms with Crippen LogP contribution in [0, 0.1) is 11.8 Å². The summed E-state index contributed by atoms with van der Waals surface area (Å²) in [7, 11) is 1.44. The summed E-state index contributed by atoms with van der Waals surface area (Å²) in [5, 5.41) is 0. The number of hydrogen-bond donors (Lipinski definition) is 1. The van der Waals surface area contributed by atoms with Gasteiger partial charge in [-0.2, -0.15) is 0 Å². The minimum Gasteiger partial charge on any atom is -0.340 e. The van der Waals surface area contributed by atoms with Gasteiger partial charge in [0.2, 0.25) is 5.91 Å². The van der Waals surface area contributed by atoms with Crippen LogP contribution in [0.5, 0.6) is 0 Å². The summed E-state index contributed by atoms with van der Waals surface area (Å²) in [4.78, 5) is 13.1. The van der Waals surface area contributed by atoms with E-state index in [1.54, 1.807) is 0 Å². The van der Waals surface area contributed by atoms with E-state index >= 15 is 0 Å². The molecule has 3 nitrogen and oxygen atoms in total. The number of carbonyl (C=O) groups excluding carboxylic acids is 1. The van der Waals surface area contributed by atoms with Crippen molar-refractivity contribution in [1.82, 2.24) is 4.90 Å². The zero-order valence-corrected chi connectivity index (χ0v) is 10.5. The van der Waals surface area contributed by atoms with Gasteiger partial charge in [-0.05, 0) is 25.2 Å². The van der Waals surface area contributed by atoms with E-state index in [0.717, 1.165) is 30.6 Å². The molecule has 0 aromatic heterocycles. The summed E-state index contributed by atoms with van der Waals surface area (Å²) in [5.74, 6) is -0.152. The van der Waals surface area contributed by atoms with Gasteiger partial charge in [0, 0.05) is 19.0 Å². The predicted molar refractivity (Wildman–Crippen MR) is 62.7 cm³/mol. The SMILES string of the molecule is CC(C(=O)N(C)CC(F)F)C1CCCC(N)C1. The van der Waals surface area contributed by atoms with Gasteiger partial charge in [-0.15, -0.1) is 0 Å². The lowest BCUT2D eigenvalue weighted by molar-refractivity contribution is -0.137. The molecule has 1 rings (SSSR count). The topological polar surface area (TPSA) is 46.3 Å². The maximum atomic E-state index is 12.2. The Morgan fingerprint density at radius 1 is 1.47 bits per heavy atom. The highest BCUT2D eigenvalue weighted by Gasteiger charge is 2.30. The van der Waals surface area contributed by atoms with Crippen molar-refractivity contribution in [2.75, 3.05) is 13.6 Å². The van der Waals surface area contributed by atoms with Crippen LogP contribution >= 0.6 is 0 Å². The maximum absolute atomic E-state index is 12.2. The molecule has 0 radical (unpaired) electrons. The molecule has 0 heterocycles. The summed E-state index contributed by atoms with van der Waals surface area (Å²) >= 11 is 0. The van der Waals surface area contributed by atoms with Crippen molar-refractivity contribution in [2.24, 2.45) is 17.6 Å². The molecule has 0 saturated heterocycles. The Morgan fingerprint density at radius 3 is 2.65 bits per heavy atom. The summed E-state index contributed by atoms with van der Waals surface area (Å²) < 4.78 is 24.4. The molecule has 17 heavy (non-hydrogen) atoms. The first kappa shape index (κ1) is 14.4. The molecule has 2 N–H and O–H groups in total. The second-order valence-corrected chi connectivity index (χ2v) is 5.09. The second-order valence-electron chi connectivity index (χ2n) is 5.09. The summed E-state index contributed by atoms with van der Waals surface area (Å²) in [6.07, 6.45) is 1.37. The average Bonchev–Trinajstić information content (AvgIpc) is 2.26. The summed E-state index contributed by atoms with van der Waals surface area (Å²) in [6, 6.07) is 0.157. The second kappa shape index (κ2) is 6.28. The van der Waals surface area contributed by atoms with Gasteiger partial charge in [0.25, 0.3) is 6.43 Å². The molecule has 0 spiro atoms. The van der Waals surface area contributed by atoms with Crippen molar-refractivity contribution in [3.05, 3.63) is 0 Å². The zero-order chi connectivity index (χ0) is 13.0. The van der Waals surface area contributed by atoms with Crippen molar-refractivity contribution in [2.45, 2.75) is 45.1 Å². The number of nitrogens with two attached hydrogens (primary N) is 1. The number of nitrogens with zero attached hydrogens (tertiary/aromatic N) is 1. The number of carbonyl (C=O) groups is 1. The number of alkyl halides is 2. The lowest BCUT2D eigenvalue weighted by Crippen LogP contribution is -2.40. The van der Waals surface area contributed by atoms with E-state index in [9.17, 15) is 13.6 Å². The normalized spacial score (nSPS) is 26.9. The van der Waals surface area contributed by atoms with Gasteiger partial charge in [0.05, 0.1) is 6.54 Å². The van der Waals surface area contributed by atoms with Crippen LogP contribution in [0.15, 0.2) is 0 Å². The van der Waals surface area contributed by atoms with Crippen molar-refractivity contribution in [3.63, 3.8) is 0 Å². The molecule has 0 aromatic carbocycles. The molecule has 0 aromatic rings. The number of halogens is 2. The van der Waals surface area contributed by atoms with Crippen LogP contribution in [-0.4, -0.2) is 36.9 Å². The molecular weight excluding hydrogens is 226 g/mol. The van der Waals surface area contributed by atoms with Crippen LogP contribution < -0.4 is 5.73 Å². The van der Waals surface area contributed by atoms with Crippen LogP contribution in [0.1, 0.15) is 32.6 Å². The monoisotopic (exact) mass is 248 g/mol. The Balaban J connectivity index is 2.50. The Bertz CT molecular complexity index is 261. The minimum atomic E-state index is -2.47. The highest BCUT2D eigenvalue weighted by molar-refractivity contribution is 5.78. The highest BCUT2D eigenvalue weighted by Crippen LogP contribution is 2.30. The highest BCUT2D eigenvalue weighted by atomic mass is 19.3. The molecule has 1 aliphatic rings. The van der Waals surface area contributed by atoms with E-state index < -0.39 is 13.0 Å². The van der Waals surface area contributed by atoms with Crippen molar-refractivity contribution < 1.29 is 13.6 Å². The van der Waals surface area contributed by atoms with E-state index in [1.165, 1.54) is 7.05 Å². The van der Waals surface area contributed by atoms with E-state index in [2.05, 4.69) is 0 Å². The van der Waals surface area contributed by atoms with Gasteiger partial charge < -0.3 is 10.6 Å². The Kier molecular flexibility index (Phi) is 5.31. The number of hydrogen-bond acceptors (Lipinski definition) is 2. The molecule has 3 unspecified atom stereocenters. The van der Waals surface area contributed by atoms with Gasteiger partial charge in [-0.1, -0.05) is 13.3 Å². The van der Waals surface area contributed by atoms with Crippen LogP contribution in [0.3, 0.4) is 0 Å². The van der Waals surface area contributed by atoms with E-state index in [-0.39, 0.29) is 23.8 Å². The van der Waals surface area contributed by atoms with Gasteiger partial charge >= 0.3 is 0 Å². The van der Waals surface area contributed by atoms with Crippen LogP contribution in [0.25, 0.3) is 0 Å². The first-order valence-electron chi connectivity index (χ1n) is 6.20. The predicted octanol–water partition coefficient (Wildman–Crippen LogP) is 1.86. The van der Waals surface area contributed by atoms with Crippen LogP contribution in [-0.2, 0) is 4.79 Å². The van der Waals surface area contributed by atoms with Crippen molar-refractivity contribution in [1.29, 1.82) is 0 Å². The third-order valence-corrected chi connectivity index (χ3v) is 3.64. The molecule has 5 heteroatoms. The molecular formula is C12H22F2N2O. The van der Waals surface area contributed by atoms with Crippen LogP contribution in [0.2, 0.25) is 0 Å². The van der Waals surface area contributed by atoms with Gasteiger partial charge in [0.15, 0.2) is 0 Å². The molecule has 1 aliphatic carbocycles. The van der Waals surface area contributed by atoms with Gasteiger partial charge in [-0.25, -0.2) is 8.78 Å². The summed E-state index contributed by atoms with van der Waals surface area (Å²) in [5.41, 5.74) is 5.88. The van der Waals surface area contributed by atoms with E-state index in [0.29, 0.717) is 0 Å². The molecule has 1 amide bonds. The molecule has 3 atom stereocenters. The lowest BCUT2D eigenvalue weighted by atomic mass is 9.78. The fourth-order valence-corrected chi connectivity index (χ4v) is 2.57. The van der Waals surface area contributed by atoms with E-state index in [1.807, 2.05) is 6.92 Å². The van der Waals surface area contributed by atoms with Gasteiger partial charge in [0.1, 0.15) is 0 Å². The van der Waals surface area contributed by atoms with E-state index in [4.69, 9.17) is 5.73 Å². The first-order valence-corrected chi connectivity index (χ1v) is 6.20. The zero-order valence-electron chi connectivity index (χ0n) is 10.5. The molecule has 1 saturated carbocycles. The van der Waals surface area contributed by atoms with Crippen LogP contribution in [0.4, 0.5) is 8.78 Å². The maximum Gasteiger partial charge on any atom is 0.255 e. The fourth-order valence-electron chi connectivity index (χ4n) is 2.57.